The Hall–Kier alpha value is -3.12. The molecule has 0 atom stereocenters. The summed E-state index contributed by atoms with van der Waals surface area (Å²) < 4.78 is 0. The normalized spacial score (nSPS) is 12.5. The highest BCUT2D eigenvalue weighted by atomic mass is 35.5. The van der Waals surface area contributed by atoms with Crippen LogP contribution in [0.1, 0.15) is 15.9 Å². The van der Waals surface area contributed by atoms with Crippen LogP contribution in [0.5, 0.6) is 0 Å². The molecule has 7 heteroatoms. The molecule has 0 saturated heterocycles. The number of aliphatic imine (C=N–C) groups is 1. The number of rotatable bonds is 2. The first-order valence-corrected chi connectivity index (χ1v) is 7.53. The fraction of sp³-hybridized carbons (Fsp3) is 0. The van der Waals surface area contributed by atoms with Gasteiger partial charge in [0.2, 0.25) is 0 Å². The summed E-state index contributed by atoms with van der Waals surface area (Å²) in [6.07, 6.45) is 1.63. The number of aromatic nitrogens is 2. The summed E-state index contributed by atoms with van der Waals surface area (Å²) in [6.45, 7) is 0. The number of amidine groups is 1. The molecule has 0 amide bonds. The molecule has 0 aliphatic carbocycles. The number of hydrogen-bond acceptors (Lipinski definition) is 4. The highest BCUT2D eigenvalue weighted by Crippen LogP contribution is 2.38. The lowest BCUT2D eigenvalue weighted by Gasteiger charge is -2.10. The summed E-state index contributed by atoms with van der Waals surface area (Å²) in [7, 11) is 0. The largest absolute Gasteiger partial charge is 0.478 e. The molecule has 0 bridgehead atoms. The zero-order valence-corrected chi connectivity index (χ0v) is 13.0. The standard InChI is InChI=1S/C17H11ClN4O2/c18-9-5-6-13-12(7-9)15-14(8-19-22-15)21-16(20-13)10-3-1-2-4-11(10)17(23)24/h1-8H,(H,19,22)(H,20,21)(H,23,24). The third kappa shape index (κ3) is 2.33. The van der Waals surface area contributed by atoms with Crippen LogP contribution in [0.4, 0.5) is 11.4 Å². The van der Waals surface area contributed by atoms with Crippen molar-refractivity contribution in [3.63, 3.8) is 0 Å². The Morgan fingerprint density at radius 3 is 2.79 bits per heavy atom. The van der Waals surface area contributed by atoms with Crippen molar-refractivity contribution in [2.45, 2.75) is 0 Å². The molecule has 0 fully saturated rings. The second kappa shape index (κ2) is 5.50. The summed E-state index contributed by atoms with van der Waals surface area (Å²) in [4.78, 5) is 16.1. The topological polar surface area (TPSA) is 90.4 Å². The first kappa shape index (κ1) is 14.5. The second-order valence-corrected chi connectivity index (χ2v) is 5.69. The van der Waals surface area contributed by atoms with Crippen LogP contribution < -0.4 is 5.32 Å². The summed E-state index contributed by atoms with van der Waals surface area (Å²) in [5, 5.41) is 20.2. The Morgan fingerprint density at radius 1 is 1.12 bits per heavy atom. The fourth-order valence-corrected chi connectivity index (χ4v) is 2.84. The minimum Gasteiger partial charge on any atom is -0.478 e. The SMILES string of the molecule is O=C(O)c1ccccc1C1=Nc2ccc(Cl)cc2-c2[nH]ncc2N1. The van der Waals surface area contributed by atoms with Gasteiger partial charge in [-0.1, -0.05) is 29.8 Å². The quantitative estimate of drug-likeness (QED) is 0.660. The maximum absolute atomic E-state index is 11.5. The third-order valence-corrected chi connectivity index (χ3v) is 4.00. The molecule has 6 nitrogen and oxygen atoms in total. The molecule has 1 aliphatic heterocycles. The lowest BCUT2D eigenvalue weighted by molar-refractivity contribution is 0.0696. The number of carboxylic acid groups (broad SMARTS) is 1. The van der Waals surface area contributed by atoms with E-state index in [4.69, 9.17) is 11.6 Å². The molecule has 3 N–H and O–H groups in total. The molecule has 1 aromatic heterocycles. The van der Waals surface area contributed by atoms with Gasteiger partial charge in [-0.2, -0.15) is 5.10 Å². The predicted octanol–water partition coefficient (Wildman–Crippen LogP) is 3.93. The van der Waals surface area contributed by atoms with Gasteiger partial charge in [0.25, 0.3) is 0 Å². The predicted molar refractivity (Wildman–Crippen MR) is 92.3 cm³/mol. The third-order valence-electron chi connectivity index (χ3n) is 3.77. The van der Waals surface area contributed by atoms with Gasteiger partial charge in [0.15, 0.2) is 0 Å². The van der Waals surface area contributed by atoms with E-state index in [9.17, 15) is 9.90 Å². The molecule has 1 aliphatic rings. The van der Waals surface area contributed by atoms with Crippen LogP contribution in [0.25, 0.3) is 11.3 Å². The van der Waals surface area contributed by atoms with Gasteiger partial charge in [0, 0.05) is 16.1 Å². The molecular formula is C17H11ClN4O2. The number of aromatic carboxylic acids is 1. The Bertz CT molecular complexity index is 994. The number of hydrogen-bond donors (Lipinski definition) is 3. The highest BCUT2D eigenvalue weighted by Gasteiger charge is 2.21. The zero-order chi connectivity index (χ0) is 16.7. The lowest BCUT2D eigenvalue weighted by Crippen LogP contribution is -2.17. The lowest BCUT2D eigenvalue weighted by atomic mass is 10.1. The van der Waals surface area contributed by atoms with Gasteiger partial charge in [0.05, 0.1) is 28.8 Å². The number of H-pyrrole nitrogens is 1. The van der Waals surface area contributed by atoms with E-state index in [0.29, 0.717) is 27.8 Å². The smallest absolute Gasteiger partial charge is 0.336 e. The van der Waals surface area contributed by atoms with E-state index in [0.717, 1.165) is 11.3 Å². The number of aromatic amines is 1. The van der Waals surface area contributed by atoms with E-state index in [1.54, 1.807) is 48.7 Å². The van der Waals surface area contributed by atoms with E-state index >= 15 is 0 Å². The molecule has 0 spiro atoms. The summed E-state index contributed by atoms with van der Waals surface area (Å²) in [5.41, 5.74) is 3.59. The van der Waals surface area contributed by atoms with Gasteiger partial charge in [-0.25, -0.2) is 9.79 Å². The van der Waals surface area contributed by atoms with Crippen molar-refractivity contribution in [2.75, 3.05) is 5.32 Å². The minimum atomic E-state index is -1.01. The number of carbonyl (C=O) groups is 1. The zero-order valence-electron chi connectivity index (χ0n) is 12.2. The maximum Gasteiger partial charge on any atom is 0.336 e. The number of halogens is 1. The van der Waals surface area contributed by atoms with E-state index in [1.807, 2.05) is 0 Å². The number of benzene rings is 2. The number of carboxylic acids is 1. The van der Waals surface area contributed by atoms with Gasteiger partial charge < -0.3 is 10.4 Å². The maximum atomic E-state index is 11.5. The average Bonchev–Trinajstić information content (AvgIpc) is 2.98. The van der Waals surface area contributed by atoms with Crippen LogP contribution >= 0.6 is 11.6 Å². The van der Waals surface area contributed by atoms with Crippen LogP contribution in [0.3, 0.4) is 0 Å². The Balaban J connectivity index is 1.96. The van der Waals surface area contributed by atoms with Crippen molar-refractivity contribution in [3.8, 4) is 11.3 Å². The first-order chi connectivity index (χ1) is 11.6. The van der Waals surface area contributed by atoms with E-state index in [-0.39, 0.29) is 5.56 Å². The molecule has 24 heavy (non-hydrogen) atoms. The Kier molecular flexibility index (Phi) is 3.32. The summed E-state index contributed by atoms with van der Waals surface area (Å²) >= 11 is 6.10. The van der Waals surface area contributed by atoms with Crippen molar-refractivity contribution in [1.82, 2.24) is 10.2 Å². The molecule has 2 aromatic carbocycles. The van der Waals surface area contributed by atoms with Crippen molar-refractivity contribution < 1.29 is 9.90 Å². The highest BCUT2D eigenvalue weighted by molar-refractivity contribution is 6.31. The van der Waals surface area contributed by atoms with E-state index in [2.05, 4.69) is 20.5 Å². The van der Waals surface area contributed by atoms with Gasteiger partial charge in [-0.05, 0) is 24.3 Å². The molecule has 0 saturated carbocycles. The van der Waals surface area contributed by atoms with Crippen LogP contribution in [-0.4, -0.2) is 27.1 Å². The monoisotopic (exact) mass is 338 g/mol. The summed E-state index contributed by atoms with van der Waals surface area (Å²) in [5.74, 6) is -0.570. The molecule has 0 radical (unpaired) electrons. The van der Waals surface area contributed by atoms with Gasteiger partial charge in [0.1, 0.15) is 5.84 Å². The number of fused-ring (bicyclic) bond motifs is 3. The van der Waals surface area contributed by atoms with Crippen LogP contribution in [0.15, 0.2) is 53.7 Å². The number of nitrogens with zero attached hydrogens (tertiary/aromatic N) is 2. The van der Waals surface area contributed by atoms with Crippen molar-refractivity contribution >= 4 is 34.8 Å². The van der Waals surface area contributed by atoms with Gasteiger partial charge in [-0.3, -0.25) is 5.10 Å². The molecule has 4 rings (SSSR count). The van der Waals surface area contributed by atoms with E-state index < -0.39 is 5.97 Å². The minimum absolute atomic E-state index is 0.172. The van der Waals surface area contributed by atoms with Crippen LogP contribution in [0, 0.1) is 0 Å². The fourth-order valence-electron chi connectivity index (χ4n) is 2.67. The van der Waals surface area contributed by atoms with Crippen LogP contribution in [0.2, 0.25) is 5.02 Å². The van der Waals surface area contributed by atoms with Gasteiger partial charge in [-0.15, -0.1) is 0 Å². The number of nitrogens with one attached hydrogen (secondary N) is 2. The summed E-state index contributed by atoms with van der Waals surface area (Å²) in [6, 6.07) is 12.1. The Morgan fingerprint density at radius 2 is 1.96 bits per heavy atom. The van der Waals surface area contributed by atoms with Crippen LogP contribution in [-0.2, 0) is 0 Å². The molecule has 2 heterocycles. The Labute approximate surface area is 141 Å². The molecule has 118 valence electrons. The molecule has 3 aromatic rings. The van der Waals surface area contributed by atoms with Crippen molar-refractivity contribution in [2.24, 2.45) is 4.99 Å². The van der Waals surface area contributed by atoms with Crippen molar-refractivity contribution in [1.29, 1.82) is 0 Å². The van der Waals surface area contributed by atoms with Crippen molar-refractivity contribution in [3.05, 3.63) is 64.8 Å². The molecular weight excluding hydrogens is 328 g/mol. The average molecular weight is 339 g/mol. The van der Waals surface area contributed by atoms with E-state index in [1.165, 1.54) is 0 Å². The van der Waals surface area contributed by atoms with Gasteiger partial charge >= 0.3 is 5.97 Å². The number of anilines is 1. The first-order valence-electron chi connectivity index (χ1n) is 7.15. The second-order valence-electron chi connectivity index (χ2n) is 5.26. The molecule has 0 unspecified atom stereocenters.